The zero-order valence-electron chi connectivity index (χ0n) is 61.4. The molecule has 0 aliphatic carbocycles. The van der Waals surface area contributed by atoms with E-state index in [1.54, 1.807) is 0 Å². The minimum Gasteiger partial charge on any atom is -0.309 e. The molecule has 57 heavy (non-hydrogen) atoms. The Bertz CT molecular complexity index is 5410. The maximum atomic E-state index is 10.3. The van der Waals surface area contributed by atoms with Gasteiger partial charge in [0.25, 0.3) is 0 Å². The van der Waals surface area contributed by atoms with E-state index in [0.717, 1.165) is 15.2 Å². The monoisotopic (exact) mass is 775 g/mol. The largest absolute Gasteiger partial charge is 0.309 e. The van der Waals surface area contributed by atoms with Crippen molar-refractivity contribution >= 4 is 75.1 Å². The normalized spacial score (nSPS) is 20.0. The second-order valence-corrected chi connectivity index (χ2v) is 13.4. The molecule has 0 saturated carbocycles. The molecule has 2 nitrogen and oxygen atoms in total. The quantitative estimate of drug-likeness (QED) is 0.165. The summed E-state index contributed by atoms with van der Waals surface area (Å²) in [5, 5.41) is -2.98. The molecule has 0 unspecified atom stereocenters. The van der Waals surface area contributed by atoms with Crippen LogP contribution in [0.1, 0.15) is 45.2 Å². The molecule has 0 bridgehead atoms. The van der Waals surface area contributed by atoms with Crippen LogP contribution in [0.4, 0.5) is 0 Å². The Labute approximate surface area is 380 Å². The van der Waals surface area contributed by atoms with Gasteiger partial charge < -0.3 is 9.13 Å². The fourth-order valence-corrected chi connectivity index (χ4v) is 7.97. The summed E-state index contributed by atoms with van der Waals surface area (Å²) in [4.78, 5) is 0. The number of benzene rings is 9. The second kappa shape index (κ2) is 12.7. The van der Waals surface area contributed by atoms with Gasteiger partial charge in [0.1, 0.15) is 0 Å². The van der Waals surface area contributed by atoms with Crippen LogP contribution in [0.25, 0.3) is 109 Å². The zero-order valence-corrected chi connectivity index (χ0v) is 29.2. The number of aromatic nitrogens is 2. The molecule has 12 rings (SSSR count). The van der Waals surface area contributed by atoms with Crippen LogP contribution in [0.2, 0.25) is 0 Å². The van der Waals surface area contributed by atoms with E-state index in [-0.39, 0.29) is 20.2 Å². The molecule has 0 saturated heterocycles. The van der Waals surface area contributed by atoms with E-state index < -0.39 is 288 Å². The average molecular weight is 776 g/mol. The van der Waals surface area contributed by atoms with Crippen molar-refractivity contribution in [1.29, 1.82) is 0 Å². The Hall–Kier alpha value is -7.20. The smallest absolute Gasteiger partial charge is 0.0652 e. The number of hydrogen-bond acceptors (Lipinski definition) is 1. The van der Waals surface area contributed by atoms with E-state index in [9.17, 15) is 17.8 Å². The average Bonchev–Trinajstić information content (AvgIpc) is 1.51. The highest BCUT2D eigenvalue weighted by atomic mass is 32.1. The van der Waals surface area contributed by atoms with Gasteiger partial charge in [-0.15, -0.1) is 11.3 Å². The first-order valence-electron chi connectivity index (χ1n) is 33.3. The molecule has 3 heterocycles. The Kier molecular flexibility index (Phi) is 3.00. The van der Waals surface area contributed by atoms with Gasteiger partial charge in [0.15, 0.2) is 0 Å². The summed E-state index contributed by atoms with van der Waals surface area (Å²) in [6, 6.07) is -29.3. The highest BCUT2D eigenvalue weighted by Crippen LogP contribution is 2.44. The lowest BCUT2D eigenvalue weighted by molar-refractivity contribution is 1.18. The van der Waals surface area contributed by atoms with Gasteiger partial charge in [-0.2, -0.15) is 0 Å². The summed E-state index contributed by atoms with van der Waals surface area (Å²) in [7, 11) is 0. The van der Waals surface area contributed by atoms with Crippen LogP contribution in [0.5, 0.6) is 0 Å². The van der Waals surface area contributed by atoms with E-state index >= 15 is 0 Å². The molecule has 0 aliphatic heterocycles. The van der Waals surface area contributed by atoms with Gasteiger partial charge in [0.2, 0.25) is 0 Å². The van der Waals surface area contributed by atoms with Crippen LogP contribution in [-0.2, 0) is 0 Å². The van der Waals surface area contributed by atoms with Crippen LogP contribution < -0.4 is 0 Å². The molecule has 9 aromatic carbocycles. The third kappa shape index (κ3) is 5.03. The third-order valence-electron chi connectivity index (χ3n) is 9.27. The first-order chi connectivity index (χ1) is 42.0. The highest BCUT2D eigenvalue weighted by Gasteiger charge is 2.19. The molecule has 266 valence electrons. The third-order valence-corrected chi connectivity index (χ3v) is 10.4. The van der Waals surface area contributed by atoms with Crippen molar-refractivity contribution in [2.45, 2.75) is 0 Å². The topological polar surface area (TPSA) is 9.86 Å². The number of nitrogens with zero attached hydrogens (tertiary/aromatic N) is 2. The minimum absolute atomic E-state index is 0.203. The van der Waals surface area contributed by atoms with E-state index in [0.29, 0.717) is 11.3 Å². The van der Waals surface area contributed by atoms with Crippen molar-refractivity contribution in [3.8, 4) is 44.8 Å². The molecule has 0 atom stereocenters. The standard InChI is InChI=1S/C54H34N2S/c1-3-14-35(15-4-1)36-16-13-17-39(30-36)46-33-41(34-48-45-22-9-12-25-53(45)57-54(46)48)56-49-23-10-7-20-42(49)44-28-26-38(32-52(44)56)37-27-29-51-47(31-37)43-21-8-11-24-50(43)55(51)40-18-5-2-6-19-40/h1-34H/i1D,2D,3D,4D,5D,6D,7D,8D,9D,10D,11D,12D,13D,14D,15D,16D,17D,18D,19D,20D,21D,22D,23D,24D,25D,26D,27D,28D,29D,30D,31D,32D,33D. The Morgan fingerprint density at radius 2 is 0.895 bits per heavy atom. The van der Waals surface area contributed by atoms with Gasteiger partial charge in [-0.05, 0) is 94.3 Å². The van der Waals surface area contributed by atoms with Crippen molar-refractivity contribution in [3.05, 3.63) is 205 Å². The molecule has 0 aliphatic rings. The van der Waals surface area contributed by atoms with Gasteiger partial charge in [0, 0.05) is 58.7 Å². The second-order valence-electron chi connectivity index (χ2n) is 12.4. The van der Waals surface area contributed by atoms with Crippen LogP contribution >= 0.6 is 11.3 Å². The maximum Gasteiger partial charge on any atom is 0.0652 e. The fourth-order valence-electron chi connectivity index (χ4n) is 6.88. The molecular formula is C54H34N2S. The molecule has 0 spiro atoms. The first-order valence-corrected chi connectivity index (χ1v) is 17.6. The molecule has 3 aromatic heterocycles. The zero-order chi connectivity index (χ0) is 66.2. The summed E-state index contributed by atoms with van der Waals surface area (Å²) >= 11 is 0.603. The van der Waals surface area contributed by atoms with Crippen LogP contribution in [-0.4, -0.2) is 9.13 Å². The van der Waals surface area contributed by atoms with Crippen molar-refractivity contribution in [3.63, 3.8) is 0 Å². The number of fused-ring (bicyclic) bond motifs is 9. The predicted octanol–water partition coefficient (Wildman–Crippen LogP) is 15.2. The Balaban J connectivity index is 1.32. The van der Waals surface area contributed by atoms with Gasteiger partial charge in [0.05, 0.1) is 67.3 Å². The maximum absolute atomic E-state index is 10.3. The predicted molar refractivity (Wildman–Crippen MR) is 244 cm³/mol. The summed E-state index contributed by atoms with van der Waals surface area (Å²) in [5.41, 5.74) is -8.81. The van der Waals surface area contributed by atoms with Gasteiger partial charge in [-0.25, -0.2) is 0 Å². The van der Waals surface area contributed by atoms with E-state index in [1.807, 2.05) is 0 Å². The van der Waals surface area contributed by atoms with Gasteiger partial charge in [-0.1, -0.05) is 139 Å². The summed E-state index contributed by atoms with van der Waals surface area (Å²) in [5.74, 6) is 0. The summed E-state index contributed by atoms with van der Waals surface area (Å²) < 4.78 is 302. The number of para-hydroxylation sites is 3. The SMILES string of the molecule is [2H]c1c([2H])c([2H])c(-c2c([2H])c([2H])c([2H])c(-c3c([2H])c(-n4c5c([2H])c([2H])c([2H])c([2H])c5c5c([2H])c([2H])c(-c6c([2H])c([2H])c7c(c6[2H])c6c([2H])c([2H])c([2H])c([2H])c6n7-c6c([2H])c([2H])c([2H])c([2H])c6[2H])c([2H])c54)cc4c3sc3c([2H])c([2H])c([2H])c([2H])c34)c2[2H])c([2H])c1[2H]. The fraction of sp³-hybridized carbons (Fsp3) is 0. The van der Waals surface area contributed by atoms with Crippen LogP contribution in [0, 0.1) is 0 Å². The lowest BCUT2D eigenvalue weighted by atomic mass is 9.97. The number of hydrogen-bond donors (Lipinski definition) is 0. The lowest BCUT2D eigenvalue weighted by Gasteiger charge is -2.14. The van der Waals surface area contributed by atoms with Crippen molar-refractivity contribution < 1.29 is 45.2 Å². The summed E-state index contributed by atoms with van der Waals surface area (Å²) in [6.07, 6.45) is 0. The molecule has 12 aromatic rings. The molecule has 0 N–H and O–H groups in total. The number of thiophene rings is 1. The van der Waals surface area contributed by atoms with Crippen molar-refractivity contribution in [2.75, 3.05) is 0 Å². The van der Waals surface area contributed by atoms with E-state index in [4.69, 9.17) is 27.4 Å². The minimum atomic E-state index is -1.08. The van der Waals surface area contributed by atoms with E-state index in [2.05, 4.69) is 0 Å². The van der Waals surface area contributed by atoms with Crippen LogP contribution in [0.3, 0.4) is 0 Å². The first kappa shape index (κ1) is 13.5. The molecule has 0 radical (unpaired) electrons. The highest BCUT2D eigenvalue weighted by molar-refractivity contribution is 7.26. The van der Waals surface area contributed by atoms with Crippen molar-refractivity contribution in [1.82, 2.24) is 9.13 Å². The lowest BCUT2D eigenvalue weighted by Crippen LogP contribution is -1.95. The van der Waals surface area contributed by atoms with E-state index in [1.165, 1.54) is 0 Å². The van der Waals surface area contributed by atoms with Crippen molar-refractivity contribution in [2.24, 2.45) is 0 Å². The number of rotatable bonds is 5. The molecule has 0 fully saturated rings. The Morgan fingerprint density at radius 1 is 0.333 bits per heavy atom. The van der Waals surface area contributed by atoms with Gasteiger partial charge in [-0.3, -0.25) is 0 Å². The molecule has 3 heteroatoms. The Morgan fingerprint density at radius 3 is 1.70 bits per heavy atom. The van der Waals surface area contributed by atoms with Crippen LogP contribution in [0.15, 0.2) is 205 Å². The molecule has 0 amide bonds. The molecular weight excluding hydrogens is 709 g/mol. The van der Waals surface area contributed by atoms with Gasteiger partial charge >= 0.3 is 0 Å². The summed E-state index contributed by atoms with van der Waals surface area (Å²) in [6.45, 7) is 0.